The van der Waals surface area contributed by atoms with E-state index < -0.39 is 0 Å². The van der Waals surface area contributed by atoms with Crippen molar-refractivity contribution in [2.75, 3.05) is 13.2 Å². The SMILES string of the molecule is CCCNC(c1ccc2c(c1)CCO2)C1CCCC(C)C1. The Hall–Kier alpha value is -1.02. The maximum absolute atomic E-state index is 5.66. The van der Waals surface area contributed by atoms with Crippen molar-refractivity contribution >= 4 is 0 Å². The molecule has 3 unspecified atom stereocenters. The van der Waals surface area contributed by atoms with Gasteiger partial charge in [0.05, 0.1) is 6.61 Å². The number of ether oxygens (including phenoxy) is 1. The molecule has 116 valence electrons. The van der Waals surface area contributed by atoms with Crippen molar-refractivity contribution in [1.29, 1.82) is 0 Å². The summed E-state index contributed by atoms with van der Waals surface area (Å²) in [5.41, 5.74) is 2.88. The molecule has 1 heterocycles. The third-order valence-corrected chi connectivity index (χ3v) is 5.14. The fourth-order valence-corrected chi connectivity index (χ4v) is 4.04. The number of nitrogens with one attached hydrogen (secondary N) is 1. The first-order chi connectivity index (χ1) is 10.3. The number of rotatable bonds is 5. The van der Waals surface area contributed by atoms with Crippen molar-refractivity contribution in [2.45, 2.75) is 58.4 Å². The molecule has 0 saturated heterocycles. The summed E-state index contributed by atoms with van der Waals surface area (Å²) in [5, 5.41) is 3.83. The summed E-state index contributed by atoms with van der Waals surface area (Å²) in [6.07, 6.45) is 7.82. The van der Waals surface area contributed by atoms with Crippen molar-refractivity contribution in [3.05, 3.63) is 29.3 Å². The Morgan fingerprint density at radius 2 is 2.24 bits per heavy atom. The van der Waals surface area contributed by atoms with Crippen LogP contribution < -0.4 is 10.1 Å². The third kappa shape index (κ3) is 3.42. The van der Waals surface area contributed by atoms with Gasteiger partial charge in [-0.25, -0.2) is 0 Å². The van der Waals surface area contributed by atoms with Crippen molar-refractivity contribution in [3.8, 4) is 5.75 Å². The Bertz CT molecular complexity index is 471. The van der Waals surface area contributed by atoms with Gasteiger partial charge in [0.2, 0.25) is 0 Å². The fourth-order valence-electron chi connectivity index (χ4n) is 4.04. The predicted octanol–water partition coefficient (Wildman–Crippen LogP) is 4.49. The molecule has 0 bridgehead atoms. The van der Waals surface area contributed by atoms with Crippen LogP contribution in [0, 0.1) is 11.8 Å². The molecule has 1 aromatic rings. The van der Waals surface area contributed by atoms with Crippen LogP contribution in [0.1, 0.15) is 63.1 Å². The molecule has 0 aromatic heterocycles. The summed E-state index contributed by atoms with van der Waals surface area (Å²) in [7, 11) is 0. The summed E-state index contributed by atoms with van der Waals surface area (Å²) < 4.78 is 5.66. The van der Waals surface area contributed by atoms with Gasteiger partial charge in [-0.05, 0) is 54.8 Å². The van der Waals surface area contributed by atoms with E-state index in [1.54, 1.807) is 0 Å². The molecule has 0 amide bonds. The minimum absolute atomic E-state index is 0.526. The van der Waals surface area contributed by atoms with Crippen LogP contribution in [0.2, 0.25) is 0 Å². The molecule has 2 nitrogen and oxygen atoms in total. The summed E-state index contributed by atoms with van der Waals surface area (Å²) in [4.78, 5) is 0. The van der Waals surface area contributed by atoms with Gasteiger partial charge >= 0.3 is 0 Å². The minimum atomic E-state index is 0.526. The highest BCUT2D eigenvalue weighted by Crippen LogP contribution is 2.38. The Morgan fingerprint density at radius 3 is 3.05 bits per heavy atom. The fraction of sp³-hybridized carbons (Fsp3) is 0.684. The average molecular weight is 287 g/mol. The molecule has 1 N–H and O–H groups in total. The van der Waals surface area contributed by atoms with Crippen LogP contribution in [0.5, 0.6) is 5.75 Å². The minimum Gasteiger partial charge on any atom is -0.493 e. The van der Waals surface area contributed by atoms with E-state index in [0.29, 0.717) is 6.04 Å². The molecule has 21 heavy (non-hydrogen) atoms. The van der Waals surface area contributed by atoms with Gasteiger partial charge in [0.25, 0.3) is 0 Å². The molecule has 1 aliphatic heterocycles. The lowest BCUT2D eigenvalue weighted by atomic mass is 9.76. The van der Waals surface area contributed by atoms with E-state index in [9.17, 15) is 0 Å². The first kappa shape index (κ1) is 14.9. The van der Waals surface area contributed by atoms with Crippen molar-refractivity contribution in [3.63, 3.8) is 0 Å². The molecule has 0 spiro atoms. The Morgan fingerprint density at radius 1 is 1.33 bits per heavy atom. The van der Waals surface area contributed by atoms with E-state index in [-0.39, 0.29) is 0 Å². The monoisotopic (exact) mass is 287 g/mol. The number of hydrogen-bond acceptors (Lipinski definition) is 2. The van der Waals surface area contributed by atoms with Gasteiger partial charge in [-0.1, -0.05) is 38.8 Å². The zero-order valence-corrected chi connectivity index (χ0v) is 13.5. The summed E-state index contributed by atoms with van der Waals surface area (Å²) in [6, 6.07) is 7.40. The lowest BCUT2D eigenvalue weighted by Gasteiger charge is -2.34. The van der Waals surface area contributed by atoms with E-state index in [1.165, 1.54) is 43.2 Å². The van der Waals surface area contributed by atoms with Crippen LogP contribution in [0.3, 0.4) is 0 Å². The highest BCUT2D eigenvalue weighted by molar-refractivity contribution is 5.41. The predicted molar refractivity (Wildman–Crippen MR) is 87.8 cm³/mol. The second-order valence-corrected chi connectivity index (χ2v) is 6.93. The van der Waals surface area contributed by atoms with Crippen LogP contribution in [0.25, 0.3) is 0 Å². The maximum Gasteiger partial charge on any atom is 0.122 e. The number of fused-ring (bicyclic) bond motifs is 1. The third-order valence-electron chi connectivity index (χ3n) is 5.14. The van der Waals surface area contributed by atoms with Gasteiger partial charge in [-0.2, -0.15) is 0 Å². The second kappa shape index (κ2) is 6.83. The second-order valence-electron chi connectivity index (χ2n) is 6.93. The van der Waals surface area contributed by atoms with Gasteiger partial charge in [0, 0.05) is 12.5 Å². The van der Waals surface area contributed by atoms with Crippen LogP contribution >= 0.6 is 0 Å². The molecule has 2 heteroatoms. The molecule has 1 aromatic carbocycles. The van der Waals surface area contributed by atoms with Gasteiger partial charge < -0.3 is 10.1 Å². The molecule has 1 fully saturated rings. The van der Waals surface area contributed by atoms with Gasteiger partial charge in [0.1, 0.15) is 5.75 Å². The quantitative estimate of drug-likeness (QED) is 0.861. The summed E-state index contributed by atoms with van der Waals surface area (Å²) in [6.45, 7) is 6.64. The Labute approximate surface area is 129 Å². The van der Waals surface area contributed by atoms with Crippen LogP contribution in [-0.2, 0) is 6.42 Å². The first-order valence-electron chi connectivity index (χ1n) is 8.77. The van der Waals surface area contributed by atoms with Gasteiger partial charge in [-0.15, -0.1) is 0 Å². The number of benzene rings is 1. The lowest BCUT2D eigenvalue weighted by molar-refractivity contribution is 0.223. The first-order valence-corrected chi connectivity index (χ1v) is 8.77. The van der Waals surface area contributed by atoms with Crippen LogP contribution in [-0.4, -0.2) is 13.2 Å². The number of hydrogen-bond donors (Lipinski definition) is 1. The molecular formula is C19H29NO. The smallest absolute Gasteiger partial charge is 0.122 e. The standard InChI is InChI=1S/C19H29NO/c1-3-10-20-19(16-6-4-5-14(2)12-16)17-7-8-18-15(13-17)9-11-21-18/h7-8,13-14,16,19-20H,3-6,9-12H2,1-2H3. The molecular weight excluding hydrogens is 258 g/mol. The molecule has 2 aliphatic rings. The van der Waals surface area contributed by atoms with E-state index >= 15 is 0 Å². The van der Waals surface area contributed by atoms with Crippen molar-refractivity contribution in [1.82, 2.24) is 5.32 Å². The molecule has 0 radical (unpaired) electrons. The van der Waals surface area contributed by atoms with E-state index in [2.05, 4.69) is 37.4 Å². The van der Waals surface area contributed by atoms with Gasteiger partial charge in [0.15, 0.2) is 0 Å². The largest absolute Gasteiger partial charge is 0.493 e. The summed E-state index contributed by atoms with van der Waals surface area (Å²) >= 11 is 0. The highest BCUT2D eigenvalue weighted by Gasteiger charge is 2.28. The zero-order chi connectivity index (χ0) is 14.7. The molecule has 1 saturated carbocycles. The van der Waals surface area contributed by atoms with Crippen molar-refractivity contribution in [2.24, 2.45) is 11.8 Å². The molecule has 1 aliphatic carbocycles. The van der Waals surface area contributed by atoms with E-state index in [1.807, 2.05) is 0 Å². The highest BCUT2D eigenvalue weighted by atomic mass is 16.5. The van der Waals surface area contributed by atoms with Gasteiger partial charge in [-0.3, -0.25) is 0 Å². The van der Waals surface area contributed by atoms with Crippen LogP contribution in [0.4, 0.5) is 0 Å². The molecule has 3 rings (SSSR count). The van der Waals surface area contributed by atoms with E-state index in [0.717, 1.165) is 37.2 Å². The molecule has 3 atom stereocenters. The normalized spacial score (nSPS) is 26.2. The zero-order valence-electron chi connectivity index (χ0n) is 13.5. The lowest BCUT2D eigenvalue weighted by Crippen LogP contribution is -2.31. The Kier molecular flexibility index (Phi) is 4.84. The summed E-state index contributed by atoms with van der Waals surface area (Å²) in [5.74, 6) is 2.78. The van der Waals surface area contributed by atoms with E-state index in [4.69, 9.17) is 4.74 Å². The Balaban J connectivity index is 1.80. The average Bonchev–Trinajstić information content (AvgIpc) is 2.95. The van der Waals surface area contributed by atoms with Crippen molar-refractivity contribution < 1.29 is 4.74 Å². The van der Waals surface area contributed by atoms with Crippen LogP contribution in [0.15, 0.2) is 18.2 Å². The maximum atomic E-state index is 5.66. The topological polar surface area (TPSA) is 21.3 Å².